The van der Waals surface area contributed by atoms with E-state index in [0.717, 1.165) is 39.6 Å². The molecule has 0 spiro atoms. The first-order valence-electron chi connectivity index (χ1n) is 15.0. The van der Waals surface area contributed by atoms with Crippen molar-refractivity contribution in [1.82, 2.24) is 16.0 Å². The Morgan fingerprint density at radius 3 is 2.62 bits per heavy atom. The predicted octanol–water partition coefficient (Wildman–Crippen LogP) is 4.79. The summed E-state index contributed by atoms with van der Waals surface area (Å²) in [7, 11) is 1.79. The number of benzene rings is 4. The molecule has 4 aromatic carbocycles. The number of nitrogens with one attached hydrogen (secondary N) is 3. The van der Waals surface area contributed by atoms with Gasteiger partial charge in [0.05, 0.1) is 17.1 Å². The van der Waals surface area contributed by atoms with Gasteiger partial charge in [-0.15, -0.1) is 10.6 Å². The zero-order valence-corrected chi connectivity index (χ0v) is 26.3. The molecule has 1 atom stereocenters. The number of halogens is 1. The highest BCUT2D eigenvalue weighted by Crippen LogP contribution is 2.41. The highest BCUT2D eigenvalue weighted by Gasteiger charge is 2.40. The standard InChI is InChI=1S/C35H33ClN8O3/c1-3-43(2)32(20-37)35(45,24-9-7-22(8-10-24)21-38-27-12-14-30-31(19-27)47-16-15-46-30)25-11-13-29-28(18-25)33(23-5-4-6-26(36)17-23)39-34-40-41-42-44(29)34/h3-14,17-20,38,41-42,45H,1,15-16,21,37H2,2H3/b32-20-. The van der Waals surface area contributed by atoms with Crippen molar-refractivity contribution < 1.29 is 14.6 Å². The van der Waals surface area contributed by atoms with Crippen molar-refractivity contribution >= 4 is 34.6 Å². The van der Waals surface area contributed by atoms with E-state index in [1.54, 1.807) is 23.2 Å². The molecule has 0 fully saturated rings. The van der Waals surface area contributed by atoms with Crippen molar-refractivity contribution in [3.8, 4) is 11.5 Å². The van der Waals surface area contributed by atoms with Gasteiger partial charge in [-0.3, -0.25) is 0 Å². The maximum Gasteiger partial charge on any atom is 0.265 e. The Hall–Kier alpha value is -5.49. The number of ether oxygens (including phenoxy) is 2. The summed E-state index contributed by atoms with van der Waals surface area (Å²) >= 11 is 6.38. The van der Waals surface area contributed by atoms with E-state index < -0.39 is 5.60 Å². The van der Waals surface area contributed by atoms with Gasteiger partial charge in [0, 0.05) is 47.7 Å². The third-order valence-corrected chi connectivity index (χ3v) is 8.57. The van der Waals surface area contributed by atoms with E-state index in [1.165, 1.54) is 6.20 Å². The smallest absolute Gasteiger partial charge is 0.265 e. The van der Waals surface area contributed by atoms with Crippen LogP contribution in [0.1, 0.15) is 27.8 Å². The summed E-state index contributed by atoms with van der Waals surface area (Å²) in [5.41, 5.74) is 16.9. The zero-order chi connectivity index (χ0) is 32.5. The van der Waals surface area contributed by atoms with Crippen LogP contribution in [-0.2, 0) is 12.1 Å². The molecular weight excluding hydrogens is 616 g/mol. The van der Waals surface area contributed by atoms with Gasteiger partial charge in [-0.25, -0.2) is 15.5 Å². The van der Waals surface area contributed by atoms with E-state index >= 15 is 0 Å². The quantitative estimate of drug-likeness (QED) is 0.174. The second kappa shape index (κ2) is 12.4. The lowest BCUT2D eigenvalue weighted by Gasteiger charge is -2.37. The molecule has 238 valence electrons. The highest BCUT2D eigenvalue weighted by molar-refractivity contribution is 6.32. The molecule has 4 aromatic rings. The van der Waals surface area contributed by atoms with Crippen molar-refractivity contribution in [1.29, 1.82) is 0 Å². The normalized spacial score (nSPS) is 16.1. The number of aliphatic hydroxyl groups is 1. The molecule has 0 amide bonds. The number of guanidine groups is 1. The molecule has 12 heteroatoms. The van der Waals surface area contributed by atoms with Crippen LogP contribution < -0.4 is 36.6 Å². The minimum Gasteiger partial charge on any atom is -0.486 e. The Balaban J connectivity index is 1.26. The van der Waals surface area contributed by atoms with Gasteiger partial charge in [-0.2, -0.15) is 0 Å². The molecule has 0 aromatic heterocycles. The zero-order valence-electron chi connectivity index (χ0n) is 25.6. The van der Waals surface area contributed by atoms with Crippen LogP contribution in [0, 0.1) is 0 Å². The van der Waals surface area contributed by atoms with Crippen LogP contribution in [0.25, 0.3) is 0 Å². The average Bonchev–Trinajstić information content (AvgIpc) is 3.59. The summed E-state index contributed by atoms with van der Waals surface area (Å²) in [6.07, 6.45) is 3.01. The second-order valence-electron chi connectivity index (χ2n) is 11.1. The Morgan fingerprint density at radius 1 is 1.06 bits per heavy atom. The number of aliphatic imine (C=N–C) groups is 1. The van der Waals surface area contributed by atoms with E-state index in [2.05, 4.69) is 28.1 Å². The lowest BCUT2D eigenvalue weighted by molar-refractivity contribution is 0.0967. The fourth-order valence-corrected chi connectivity index (χ4v) is 6.10. The third kappa shape index (κ3) is 5.50. The molecule has 11 nitrogen and oxygen atoms in total. The Bertz CT molecular complexity index is 1940. The summed E-state index contributed by atoms with van der Waals surface area (Å²) in [5, 5.41) is 22.8. The monoisotopic (exact) mass is 648 g/mol. The van der Waals surface area contributed by atoms with Crippen molar-refractivity contribution in [2.75, 3.05) is 30.6 Å². The minimum absolute atomic E-state index is 0.426. The molecule has 3 aliphatic heterocycles. The number of fused-ring (bicyclic) bond motifs is 4. The number of nitrogens with two attached hydrogens (primary N) is 1. The minimum atomic E-state index is -1.67. The van der Waals surface area contributed by atoms with Gasteiger partial charge >= 0.3 is 0 Å². The van der Waals surface area contributed by atoms with E-state index in [1.807, 2.05) is 84.9 Å². The van der Waals surface area contributed by atoms with Crippen LogP contribution >= 0.6 is 11.6 Å². The number of anilines is 2. The lowest BCUT2D eigenvalue weighted by Crippen LogP contribution is -2.44. The number of hydrogen-bond acceptors (Lipinski definition) is 11. The Morgan fingerprint density at radius 2 is 1.85 bits per heavy atom. The maximum absolute atomic E-state index is 12.8. The molecule has 0 saturated heterocycles. The van der Waals surface area contributed by atoms with Gasteiger partial charge in [-0.1, -0.05) is 60.6 Å². The van der Waals surface area contributed by atoms with Gasteiger partial charge in [0.25, 0.3) is 5.96 Å². The molecule has 7 rings (SSSR count). The maximum atomic E-state index is 12.8. The first kappa shape index (κ1) is 30.2. The van der Waals surface area contributed by atoms with Crippen molar-refractivity contribution in [3.05, 3.63) is 142 Å². The largest absolute Gasteiger partial charge is 0.486 e. The van der Waals surface area contributed by atoms with Crippen molar-refractivity contribution in [3.63, 3.8) is 0 Å². The van der Waals surface area contributed by atoms with Gasteiger partial charge in [0.15, 0.2) is 17.1 Å². The van der Waals surface area contributed by atoms with Crippen molar-refractivity contribution in [2.24, 2.45) is 15.8 Å². The van der Waals surface area contributed by atoms with Gasteiger partial charge < -0.3 is 30.5 Å². The van der Waals surface area contributed by atoms with E-state index in [4.69, 9.17) is 31.8 Å². The molecule has 47 heavy (non-hydrogen) atoms. The van der Waals surface area contributed by atoms with E-state index in [0.29, 0.717) is 53.3 Å². The number of hydrogen-bond donors (Lipinski definition) is 5. The van der Waals surface area contributed by atoms with Crippen LogP contribution in [0.5, 0.6) is 11.5 Å². The predicted molar refractivity (Wildman–Crippen MR) is 184 cm³/mol. The SMILES string of the molecule is C=CN(C)/C(=C\N)C(O)(c1ccc(CNc2ccc3c(c2)OCCO3)cc1)c1ccc2c(c1)C(c1cccc(Cl)c1)=NC1=NNNN12. The molecule has 1 unspecified atom stereocenters. The number of hydrazone groups is 1. The summed E-state index contributed by atoms with van der Waals surface area (Å²) in [6.45, 7) is 5.55. The summed E-state index contributed by atoms with van der Waals surface area (Å²) in [6, 6.07) is 26.8. The van der Waals surface area contributed by atoms with Crippen LogP contribution in [-0.4, -0.2) is 41.9 Å². The Labute approximate surface area is 277 Å². The summed E-state index contributed by atoms with van der Waals surface area (Å²) in [5.74, 6) is 1.92. The number of nitrogens with zero attached hydrogens (tertiary/aromatic N) is 4. The molecule has 3 heterocycles. The first-order valence-corrected chi connectivity index (χ1v) is 15.4. The molecule has 0 bridgehead atoms. The average molecular weight is 649 g/mol. The molecular formula is C35H33ClN8O3. The lowest BCUT2D eigenvalue weighted by atomic mass is 9.81. The summed E-state index contributed by atoms with van der Waals surface area (Å²) < 4.78 is 11.4. The number of hydrazine groups is 2. The van der Waals surface area contributed by atoms with Gasteiger partial charge in [-0.05, 0) is 59.3 Å². The molecule has 6 N–H and O–H groups in total. The van der Waals surface area contributed by atoms with E-state index in [9.17, 15) is 5.11 Å². The Kier molecular flexibility index (Phi) is 7.94. The van der Waals surface area contributed by atoms with E-state index in [-0.39, 0.29) is 0 Å². The fourth-order valence-electron chi connectivity index (χ4n) is 5.91. The number of rotatable bonds is 9. The molecule has 0 radical (unpaired) electrons. The van der Waals surface area contributed by atoms with Crippen LogP contribution in [0.2, 0.25) is 5.02 Å². The molecule has 0 saturated carbocycles. The third-order valence-electron chi connectivity index (χ3n) is 8.33. The van der Waals surface area contributed by atoms with Gasteiger partial charge in [0.1, 0.15) is 13.2 Å². The molecule has 0 aliphatic carbocycles. The second-order valence-corrected chi connectivity index (χ2v) is 11.6. The van der Waals surface area contributed by atoms with Crippen LogP contribution in [0.3, 0.4) is 0 Å². The van der Waals surface area contributed by atoms with Gasteiger partial charge in [0.2, 0.25) is 0 Å². The number of likely N-dealkylation sites (N-methyl/N-ethyl adjacent to an activating group) is 1. The molecule has 3 aliphatic rings. The topological polar surface area (TPSA) is 132 Å². The summed E-state index contributed by atoms with van der Waals surface area (Å²) in [4.78, 5) is 6.54. The van der Waals surface area contributed by atoms with Crippen LogP contribution in [0.4, 0.5) is 11.4 Å². The first-order chi connectivity index (χ1) is 22.9. The fraction of sp³-hybridized carbons (Fsp3) is 0.143. The van der Waals surface area contributed by atoms with Crippen LogP contribution in [0.15, 0.2) is 120 Å². The van der Waals surface area contributed by atoms with Crippen molar-refractivity contribution in [2.45, 2.75) is 12.1 Å². The highest BCUT2D eigenvalue weighted by atomic mass is 35.5.